The Kier molecular flexibility index (Phi) is 7.28. The maximum absolute atomic E-state index is 13.1. The van der Waals surface area contributed by atoms with E-state index in [2.05, 4.69) is 4.99 Å². The Hall–Kier alpha value is -3.19. The van der Waals surface area contributed by atoms with Gasteiger partial charge in [-0.05, 0) is 24.0 Å². The summed E-state index contributed by atoms with van der Waals surface area (Å²) in [6.45, 7) is 0.267. The van der Waals surface area contributed by atoms with E-state index in [0.717, 1.165) is 11.1 Å². The fourth-order valence-electron chi connectivity index (χ4n) is 3.13. The van der Waals surface area contributed by atoms with E-state index >= 15 is 0 Å². The van der Waals surface area contributed by atoms with Gasteiger partial charge in [-0.3, -0.25) is 14.6 Å². The van der Waals surface area contributed by atoms with E-state index in [1.54, 1.807) is 0 Å². The summed E-state index contributed by atoms with van der Waals surface area (Å²) < 4.78 is 0. The largest absolute Gasteiger partial charge is 0.370 e. The molecule has 0 saturated heterocycles. The number of guanidine groups is 1. The first-order valence-corrected chi connectivity index (χ1v) is 9.12. The van der Waals surface area contributed by atoms with E-state index in [9.17, 15) is 9.59 Å². The van der Waals surface area contributed by atoms with Gasteiger partial charge < -0.3 is 22.9 Å². The molecule has 28 heavy (non-hydrogen) atoms. The smallest absolute Gasteiger partial charge is 0.245 e. The third kappa shape index (κ3) is 5.40. The van der Waals surface area contributed by atoms with Gasteiger partial charge in [-0.25, -0.2) is 0 Å². The molecule has 0 aromatic heterocycles. The summed E-state index contributed by atoms with van der Waals surface area (Å²) in [6, 6.07) is 19.3. The van der Waals surface area contributed by atoms with Crippen LogP contribution in [0, 0.1) is 0 Å². The molecule has 0 aliphatic rings. The summed E-state index contributed by atoms with van der Waals surface area (Å²) in [5, 5.41) is 0. The van der Waals surface area contributed by atoms with Gasteiger partial charge in [0.05, 0.1) is 0 Å². The number of amides is 1. The van der Waals surface area contributed by atoms with E-state index in [-0.39, 0.29) is 31.3 Å². The minimum Gasteiger partial charge on any atom is -0.370 e. The number of aliphatic imine (C=N–C) groups is 1. The van der Waals surface area contributed by atoms with Gasteiger partial charge in [0.15, 0.2) is 17.3 Å². The van der Waals surface area contributed by atoms with Gasteiger partial charge in [0, 0.05) is 18.9 Å². The van der Waals surface area contributed by atoms with Crippen molar-refractivity contribution in [3.63, 3.8) is 0 Å². The van der Waals surface area contributed by atoms with Gasteiger partial charge in [-0.15, -0.1) is 0 Å². The molecule has 0 bridgehead atoms. The Balaban J connectivity index is 2.24. The van der Waals surface area contributed by atoms with Crippen molar-refractivity contribution in [2.75, 3.05) is 6.54 Å². The maximum Gasteiger partial charge on any atom is 0.245 e. The Morgan fingerprint density at radius 3 is 1.82 bits per heavy atom. The summed E-state index contributed by atoms with van der Waals surface area (Å²) >= 11 is 0. The molecule has 7 heteroatoms. The Morgan fingerprint density at radius 1 is 0.893 bits per heavy atom. The molecule has 0 fully saturated rings. The molecule has 0 aliphatic carbocycles. The molecule has 148 valence electrons. The highest BCUT2D eigenvalue weighted by Crippen LogP contribution is 2.30. The molecule has 0 saturated carbocycles. The summed E-state index contributed by atoms with van der Waals surface area (Å²) in [7, 11) is 0. The number of benzene rings is 2. The van der Waals surface area contributed by atoms with Crippen LogP contribution < -0.4 is 22.9 Å². The maximum atomic E-state index is 13.1. The Morgan fingerprint density at radius 2 is 1.39 bits per heavy atom. The molecule has 2 rings (SSSR count). The Bertz CT molecular complexity index is 780. The lowest BCUT2D eigenvalue weighted by Gasteiger charge is -2.27. The van der Waals surface area contributed by atoms with Crippen molar-refractivity contribution in [1.29, 1.82) is 0 Å². The van der Waals surface area contributed by atoms with Crippen LogP contribution >= 0.6 is 0 Å². The highest BCUT2D eigenvalue weighted by Gasteiger charge is 2.40. The van der Waals surface area contributed by atoms with Crippen LogP contribution in [-0.4, -0.2) is 29.7 Å². The first-order valence-electron chi connectivity index (χ1n) is 9.12. The lowest BCUT2D eigenvalue weighted by atomic mass is 9.80. The molecule has 2 aromatic rings. The number of rotatable bonds is 10. The fourth-order valence-corrected chi connectivity index (χ4v) is 3.13. The second-order valence-electron chi connectivity index (χ2n) is 6.75. The zero-order valence-electron chi connectivity index (χ0n) is 15.8. The summed E-state index contributed by atoms with van der Waals surface area (Å²) in [5.41, 5.74) is 22.4. The normalized spacial score (nSPS) is 12.9. The minimum absolute atomic E-state index is 0.0544. The fraction of sp³-hybridized carbons (Fsp3) is 0.286. The number of nitrogens with two attached hydrogens (primary N) is 4. The van der Waals surface area contributed by atoms with E-state index in [1.165, 1.54) is 0 Å². The Labute approximate surface area is 164 Å². The van der Waals surface area contributed by atoms with Gasteiger partial charge in [-0.1, -0.05) is 60.7 Å². The zero-order chi connectivity index (χ0) is 20.6. The van der Waals surface area contributed by atoms with Crippen molar-refractivity contribution in [2.24, 2.45) is 27.9 Å². The van der Waals surface area contributed by atoms with Crippen LogP contribution in [0.25, 0.3) is 0 Å². The highest BCUT2D eigenvalue weighted by molar-refractivity contribution is 6.10. The van der Waals surface area contributed by atoms with Gasteiger partial charge >= 0.3 is 0 Å². The van der Waals surface area contributed by atoms with Gasteiger partial charge in [0.2, 0.25) is 5.91 Å². The number of nitrogens with zero attached hydrogens (tertiary/aromatic N) is 1. The van der Waals surface area contributed by atoms with Crippen molar-refractivity contribution < 1.29 is 9.59 Å². The van der Waals surface area contributed by atoms with Crippen molar-refractivity contribution in [2.45, 2.75) is 30.7 Å². The molecule has 0 heterocycles. The predicted octanol–water partition coefficient (Wildman–Crippen LogP) is 1.01. The van der Waals surface area contributed by atoms with E-state index in [1.807, 2.05) is 60.7 Å². The number of hydrogen-bond donors (Lipinski definition) is 4. The molecule has 8 N–H and O–H groups in total. The third-order valence-corrected chi connectivity index (χ3v) is 4.75. The first-order chi connectivity index (χ1) is 13.3. The van der Waals surface area contributed by atoms with Crippen LogP contribution in [0.15, 0.2) is 65.7 Å². The van der Waals surface area contributed by atoms with Crippen molar-refractivity contribution in [3.05, 3.63) is 71.8 Å². The number of hydrogen-bond acceptors (Lipinski definition) is 4. The quantitative estimate of drug-likeness (QED) is 0.210. The lowest BCUT2D eigenvalue weighted by Crippen LogP contribution is -2.58. The van der Waals surface area contributed by atoms with Gasteiger partial charge in [0.1, 0.15) is 0 Å². The molecular weight excluding hydrogens is 354 g/mol. The second kappa shape index (κ2) is 9.66. The van der Waals surface area contributed by atoms with Crippen LogP contribution in [0.3, 0.4) is 0 Å². The molecule has 7 nitrogen and oxygen atoms in total. The van der Waals surface area contributed by atoms with Crippen molar-refractivity contribution in [1.82, 2.24) is 0 Å². The zero-order valence-corrected chi connectivity index (χ0v) is 15.8. The number of carbonyl (C=O) groups excluding carboxylic acids is 2. The number of Topliss-reactive ketones (excluding diaryl/α,β-unsaturated/α-hetero) is 1. The van der Waals surface area contributed by atoms with Crippen molar-refractivity contribution >= 4 is 17.6 Å². The summed E-state index contributed by atoms with van der Waals surface area (Å²) in [4.78, 5) is 29.0. The van der Waals surface area contributed by atoms with E-state index < -0.39 is 17.2 Å². The van der Waals surface area contributed by atoms with Crippen LogP contribution in [0.5, 0.6) is 0 Å². The monoisotopic (exact) mass is 381 g/mol. The first kappa shape index (κ1) is 21.1. The molecular formula is C21H27N5O2. The predicted molar refractivity (Wildman–Crippen MR) is 110 cm³/mol. The molecule has 0 unspecified atom stereocenters. The lowest BCUT2D eigenvalue weighted by molar-refractivity contribution is -0.134. The molecule has 0 spiro atoms. The van der Waals surface area contributed by atoms with Crippen LogP contribution in [0.4, 0.5) is 0 Å². The standard InChI is InChI=1S/C21H27N5O2/c22-19(28)21(25,12-7-13-26-20(23)24)18(27)14-17(15-8-3-1-4-9-15)16-10-5-2-6-11-16/h1-6,8-11,17H,7,12-14,25H2,(H2,22,28)(H4,23,24,26)/t21-/m1/s1. The number of ketones is 1. The number of carbonyl (C=O) groups is 2. The highest BCUT2D eigenvalue weighted by atomic mass is 16.2. The molecule has 1 amide bonds. The van der Waals surface area contributed by atoms with Gasteiger partial charge in [-0.2, -0.15) is 0 Å². The van der Waals surface area contributed by atoms with Crippen LogP contribution in [0.2, 0.25) is 0 Å². The van der Waals surface area contributed by atoms with Crippen LogP contribution in [-0.2, 0) is 9.59 Å². The van der Waals surface area contributed by atoms with E-state index in [0.29, 0.717) is 6.42 Å². The molecule has 1 atom stereocenters. The van der Waals surface area contributed by atoms with Crippen LogP contribution in [0.1, 0.15) is 36.3 Å². The topological polar surface area (TPSA) is 151 Å². The summed E-state index contributed by atoms with van der Waals surface area (Å²) in [6.07, 6.45) is 0.508. The van der Waals surface area contributed by atoms with Crippen molar-refractivity contribution in [3.8, 4) is 0 Å². The summed E-state index contributed by atoms with van der Waals surface area (Å²) in [5.74, 6) is -1.53. The van der Waals surface area contributed by atoms with E-state index in [4.69, 9.17) is 22.9 Å². The average molecular weight is 381 g/mol. The molecule has 0 radical (unpaired) electrons. The third-order valence-electron chi connectivity index (χ3n) is 4.75. The minimum atomic E-state index is -1.76. The molecule has 2 aromatic carbocycles. The second-order valence-corrected chi connectivity index (χ2v) is 6.75. The molecule has 0 aliphatic heterocycles. The average Bonchev–Trinajstić information content (AvgIpc) is 2.70. The van der Waals surface area contributed by atoms with Gasteiger partial charge in [0.25, 0.3) is 0 Å². The number of primary amides is 1. The SMILES string of the molecule is NC(=O)[C@@](N)(CCCN=C(N)N)C(=O)CC(c1ccccc1)c1ccccc1.